The molecule has 3 rings (SSSR count). The van der Waals surface area contributed by atoms with Gasteiger partial charge in [0.15, 0.2) is 5.78 Å². The second kappa shape index (κ2) is 6.80. The van der Waals surface area contributed by atoms with Crippen LogP contribution in [-0.2, 0) is 4.79 Å². The van der Waals surface area contributed by atoms with Crippen LogP contribution in [0.25, 0.3) is 6.08 Å². The maximum absolute atomic E-state index is 12.9. The highest BCUT2D eigenvalue weighted by atomic mass is 32.2. The van der Waals surface area contributed by atoms with Gasteiger partial charge in [0, 0.05) is 5.56 Å². The Balaban J connectivity index is 1.77. The van der Waals surface area contributed by atoms with E-state index in [1.54, 1.807) is 30.3 Å². The molecule has 2 aromatic rings. The number of rotatable bonds is 4. The molecule has 120 valence electrons. The molecule has 4 nitrogen and oxygen atoms in total. The average Bonchev–Trinajstić information content (AvgIpc) is 2.85. The van der Waals surface area contributed by atoms with Gasteiger partial charge in [0.05, 0.1) is 11.4 Å². The molecule has 0 aromatic heterocycles. The summed E-state index contributed by atoms with van der Waals surface area (Å²) in [6.07, 6.45) is 1.51. The SMILES string of the molecule is O=C(CN1C(=O)S/C(=C/c2ccc(F)cc2)C1=O)c1ccccc1. The monoisotopic (exact) mass is 341 g/mol. The number of halogens is 1. The summed E-state index contributed by atoms with van der Waals surface area (Å²) in [7, 11) is 0. The van der Waals surface area contributed by atoms with E-state index in [1.807, 2.05) is 0 Å². The fourth-order valence-electron chi connectivity index (χ4n) is 2.21. The number of carbonyl (C=O) groups excluding carboxylic acids is 3. The third-order valence-electron chi connectivity index (χ3n) is 3.44. The van der Waals surface area contributed by atoms with Crippen molar-refractivity contribution < 1.29 is 18.8 Å². The van der Waals surface area contributed by atoms with E-state index >= 15 is 0 Å². The topological polar surface area (TPSA) is 54.5 Å². The molecule has 0 atom stereocenters. The Labute approximate surface area is 142 Å². The molecule has 2 amide bonds. The Hall–Kier alpha value is -2.73. The molecule has 1 heterocycles. The van der Waals surface area contributed by atoms with E-state index in [0.717, 1.165) is 16.7 Å². The highest BCUT2D eigenvalue weighted by Gasteiger charge is 2.36. The largest absolute Gasteiger partial charge is 0.293 e. The van der Waals surface area contributed by atoms with Gasteiger partial charge in [0.1, 0.15) is 5.82 Å². The van der Waals surface area contributed by atoms with Crippen LogP contribution in [0.4, 0.5) is 9.18 Å². The van der Waals surface area contributed by atoms with Gasteiger partial charge in [-0.15, -0.1) is 0 Å². The Morgan fingerprint density at radius 1 is 1.04 bits per heavy atom. The molecular formula is C18H12FNO3S. The predicted octanol–water partition coefficient (Wildman–Crippen LogP) is 3.74. The average molecular weight is 341 g/mol. The van der Waals surface area contributed by atoms with Gasteiger partial charge < -0.3 is 0 Å². The van der Waals surface area contributed by atoms with Gasteiger partial charge in [-0.3, -0.25) is 19.3 Å². The molecule has 0 spiro atoms. The lowest BCUT2D eigenvalue weighted by Gasteiger charge is -2.11. The summed E-state index contributed by atoms with van der Waals surface area (Å²) in [6.45, 7) is -0.296. The first-order chi connectivity index (χ1) is 11.5. The van der Waals surface area contributed by atoms with Crippen LogP contribution in [-0.4, -0.2) is 28.4 Å². The molecule has 0 saturated carbocycles. The van der Waals surface area contributed by atoms with Crippen LogP contribution in [0, 0.1) is 5.82 Å². The summed E-state index contributed by atoms with van der Waals surface area (Å²) in [6, 6.07) is 14.1. The fraction of sp³-hybridized carbons (Fsp3) is 0.0556. The van der Waals surface area contributed by atoms with Gasteiger partial charge >= 0.3 is 0 Å². The minimum Gasteiger partial charge on any atom is -0.292 e. The molecule has 24 heavy (non-hydrogen) atoms. The van der Waals surface area contributed by atoms with Crippen LogP contribution in [0.2, 0.25) is 0 Å². The van der Waals surface area contributed by atoms with Crippen LogP contribution >= 0.6 is 11.8 Å². The Morgan fingerprint density at radius 3 is 2.38 bits per heavy atom. The minimum atomic E-state index is -0.515. The summed E-state index contributed by atoms with van der Waals surface area (Å²) >= 11 is 0.771. The zero-order valence-electron chi connectivity index (χ0n) is 12.4. The summed E-state index contributed by atoms with van der Waals surface area (Å²) in [5.41, 5.74) is 1.05. The molecule has 0 aliphatic carbocycles. The number of ketones is 1. The van der Waals surface area contributed by atoms with Gasteiger partial charge in [0.2, 0.25) is 0 Å². The Bertz CT molecular complexity index is 831. The third-order valence-corrected chi connectivity index (χ3v) is 4.35. The standard InChI is InChI=1S/C18H12FNO3S/c19-14-8-6-12(7-9-14)10-16-17(22)20(18(23)24-16)11-15(21)13-4-2-1-3-5-13/h1-10H,11H2/b16-10+. The van der Waals surface area contributed by atoms with E-state index in [1.165, 1.54) is 30.3 Å². The molecule has 0 radical (unpaired) electrons. The molecule has 6 heteroatoms. The van der Waals surface area contributed by atoms with Crippen molar-refractivity contribution in [2.45, 2.75) is 0 Å². The Morgan fingerprint density at radius 2 is 1.71 bits per heavy atom. The number of Topliss-reactive ketones (excluding diaryl/α,β-unsaturated/α-hetero) is 1. The first-order valence-electron chi connectivity index (χ1n) is 7.14. The van der Waals surface area contributed by atoms with Gasteiger partial charge in [-0.05, 0) is 35.5 Å². The minimum absolute atomic E-state index is 0.215. The highest BCUT2D eigenvalue weighted by Crippen LogP contribution is 2.32. The van der Waals surface area contributed by atoms with Crippen molar-refractivity contribution in [1.29, 1.82) is 0 Å². The van der Waals surface area contributed by atoms with Crippen LogP contribution < -0.4 is 0 Å². The lowest BCUT2D eigenvalue weighted by molar-refractivity contribution is -0.122. The second-order valence-corrected chi connectivity index (χ2v) is 6.10. The van der Waals surface area contributed by atoms with Gasteiger partial charge in [-0.25, -0.2) is 4.39 Å². The van der Waals surface area contributed by atoms with Crippen LogP contribution in [0.3, 0.4) is 0 Å². The number of benzene rings is 2. The molecule has 0 unspecified atom stereocenters. The highest BCUT2D eigenvalue weighted by molar-refractivity contribution is 8.18. The Kier molecular flexibility index (Phi) is 4.57. The quantitative estimate of drug-likeness (QED) is 0.628. The van der Waals surface area contributed by atoms with E-state index in [2.05, 4.69) is 0 Å². The zero-order valence-corrected chi connectivity index (χ0v) is 13.3. The number of hydrogen-bond acceptors (Lipinski definition) is 4. The van der Waals surface area contributed by atoms with Crippen molar-refractivity contribution in [2.24, 2.45) is 0 Å². The maximum Gasteiger partial charge on any atom is 0.293 e. The van der Waals surface area contributed by atoms with Crippen LogP contribution in [0.5, 0.6) is 0 Å². The van der Waals surface area contributed by atoms with Crippen molar-refractivity contribution in [2.75, 3.05) is 6.54 Å². The van der Waals surface area contributed by atoms with E-state index in [0.29, 0.717) is 11.1 Å². The number of thioether (sulfide) groups is 1. The lowest BCUT2D eigenvalue weighted by atomic mass is 10.1. The molecule has 1 aliphatic heterocycles. The van der Waals surface area contributed by atoms with E-state index < -0.39 is 11.1 Å². The third kappa shape index (κ3) is 3.44. The number of amides is 2. The van der Waals surface area contributed by atoms with Crippen LogP contribution in [0.15, 0.2) is 59.5 Å². The second-order valence-electron chi connectivity index (χ2n) is 5.11. The van der Waals surface area contributed by atoms with Crippen LogP contribution in [0.1, 0.15) is 15.9 Å². The molecule has 1 fully saturated rings. The first-order valence-corrected chi connectivity index (χ1v) is 7.95. The van der Waals surface area contributed by atoms with Gasteiger partial charge in [-0.1, -0.05) is 42.5 Å². The molecule has 0 N–H and O–H groups in total. The summed E-state index contributed by atoms with van der Waals surface area (Å²) in [5, 5.41) is -0.488. The number of carbonyl (C=O) groups is 3. The molecular weight excluding hydrogens is 329 g/mol. The lowest BCUT2D eigenvalue weighted by Crippen LogP contribution is -2.33. The van der Waals surface area contributed by atoms with Gasteiger partial charge in [-0.2, -0.15) is 0 Å². The zero-order chi connectivity index (χ0) is 17.1. The molecule has 1 saturated heterocycles. The van der Waals surface area contributed by atoms with Crippen molar-refractivity contribution in [3.05, 3.63) is 76.4 Å². The van der Waals surface area contributed by atoms with Crippen molar-refractivity contribution in [3.8, 4) is 0 Å². The normalized spacial score (nSPS) is 16.0. The number of imide groups is 1. The molecule has 0 bridgehead atoms. The maximum atomic E-state index is 12.9. The van der Waals surface area contributed by atoms with E-state index in [9.17, 15) is 18.8 Å². The predicted molar refractivity (Wildman–Crippen MR) is 89.8 cm³/mol. The summed E-state index contributed by atoms with van der Waals surface area (Å²) in [4.78, 5) is 37.7. The van der Waals surface area contributed by atoms with E-state index in [4.69, 9.17) is 0 Å². The summed E-state index contributed by atoms with van der Waals surface area (Å²) in [5.74, 6) is -1.20. The molecule has 2 aromatic carbocycles. The summed E-state index contributed by atoms with van der Waals surface area (Å²) < 4.78 is 12.9. The first kappa shape index (κ1) is 16.1. The number of hydrogen-bond donors (Lipinski definition) is 0. The van der Waals surface area contributed by atoms with Gasteiger partial charge in [0.25, 0.3) is 11.1 Å². The fourth-order valence-corrected chi connectivity index (χ4v) is 3.04. The van der Waals surface area contributed by atoms with Crippen molar-refractivity contribution >= 4 is 34.8 Å². The van der Waals surface area contributed by atoms with Crippen molar-refractivity contribution in [3.63, 3.8) is 0 Å². The van der Waals surface area contributed by atoms with Crippen molar-refractivity contribution in [1.82, 2.24) is 4.90 Å². The molecule has 1 aliphatic rings. The smallest absolute Gasteiger partial charge is 0.292 e. The van der Waals surface area contributed by atoms with E-state index in [-0.39, 0.29) is 23.1 Å². The number of nitrogens with zero attached hydrogens (tertiary/aromatic N) is 1.